The third kappa shape index (κ3) is 5.20. The van der Waals surface area contributed by atoms with Crippen molar-refractivity contribution in [1.82, 2.24) is 14.5 Å². The second-order valence-electron chi connectivity index (χ2n) is 12.0. The largest absolute Gasteiger partial charge is 0.444 e. The van der Waals surface area contributed by atoms with Gasteiger partial charge in [0.25, 0.3) is 5.56 Å². The van der Waals surface area contributed by atoms with Crippen LogP contribution in [-0.2, 0) is 11.3 Å². The maximum Gasteiger partial charge on any atom is 0.410 e. The zero-order valence-corrected chi connectivity index (χ0v) is 25.6. The quantitative estimate of drug-likeness (QED) is 0.272. The molecule has 0 N–H and O–H groups in total. The third-order valence-corrected chi connectivity index (χ3v) is 9.11. The van der Waals surface area contributed by atoms with Gasteiger partial charge in [0.05, 0.1) is 11.7 Å². The fourth-order valence-electron chi connectivity index (χ4n) is 6.00. The van der Waals surface area contributed by atoms with Gasteiger partial charge in [-0.15, -0.1) is 0 Å². The van der Waals surface area contributed by atoms with Gasteiger partial charge in [-0.25, -0.2) is 14.2 Å². The second-order valence-corrected chi connectivity index (χ2v) is 13.0. The van der Waals surface area contributed by atoms with Crippen LogP contribution in [0.5, 0.6) is 0 Å². The van der Waals surface area contributed by atoms with Gasteiger partial charge in [-0.3, -0.25) is 4.79 Å². The molecule has 6 rings (SSSR count). The van der Waals surface area contributed by atoms with Crippen LogP contribution in [0.4, 0.5) is 25.7 Å². The number of benzene rings is 2. The van der Waals surface area contributed by atoms with Crippen molar-refractivity contribution in [3.05, 3.63) is 69.7 Å². The highest BCUT2D eigenvalue weighted by Crippen LogP contribution is 2.40. The molecular formula is C32H33FN6O3S. The van der Waals surface area contributed by atoms with Crippen molar-refractivity contribution in [3.63, 3.8) is 0 Å². The van der Waals surface area contributed by atoms with E-state index >= 15 is 0 Å². The van der Waals surface area contributed by atoms with Gasteiger partial charge in [0.1, 0.15) is 28.1 Å². The monoisotopic (exact) mass is 600 g/mol. The molecule has 222 valence electrons. The topological polar surface area (TPSA) is 94.7 Å². The van der Waals surface area contributed by atoms with E-state index in [-0.39, 0.29) is 29.6 Å². The average Bonchev–Trinajstić information content (AvgIpc) is 3.71. The number of ether oxygens (including phenoxy) is 1. The number of hydrogen-bond donors (Lipinski definition) is 0. The van der Waals surface area contributed by atoms with Crippen LogP contribution in [0.15, 0.2) is 53.5 Å². The molecule has 11 heteroatoms. The highest BCUT2D eigenvalue weighted by molar-refractivity contribution is 7.16. The Morgan fingerprint density at radius 2 is 1.91 bits per heavy atom. The number of halogens is 1. The molecule has 43 heavy (non-hydrogen) atoms. The van der Waals surface area contributed by atoms with Crippen LogP contribution >= 0.6 is 11.3 Å². The molecule has 2 saturated heterocycles. The Kier molecular flexibility index (Phi) is 7.13. The van der Waals surface area contributed by atoms with Gasteiger partial charge in [0, 0.05) is 60.9 Å². The van der Waals surface area contributed by atoms with Gasteiger partial charge in [-0.1, -0.05) is 11.3 Å². The number of thiazole rings is 1. The summed E-state index contributed by atoms with van der Waals surface area (Å²) >= 11 is 1.25. The van der Waals surface area contributed by atoms with E-state index in [0.717, 1.165) is 23.2 Å². The molecule has 2 unspecified atom stereocenters. The molecule has 0 radical (unpaired) electrons. The van der Waals surface area contributed by atoms with Crippen molar-refractivity contribution in [2.75, 3.05) is 29.9 Å². The zero-order valence-electron chi connectivity index (χ0n) is 24.8. The maximum atomic E-state index is 13.6. The van der Waals surface area contributed by atoms with Gasteiger partial charge in [-0.05, 0) is 76.6 Å². The number of pyridine rings is 1. The van der Waals surface area contributed by atoms with Crippen molar-refractivity contribution in [3.8, 4) is 17.3 Å². The molecule has 2 atom stereocenters. The molecule has 2 aliphatic heterocycles. The Hall–Kier alpha value is -4.43. The summed E-state index contributed by atoms with van der Waals surface area (Å²) in [5.41, 5.74) is 2.28. The van der Waals surface area contributed by atoms with Crippen LogP contribution in [0, 0.1) is 17.1 Å². The van der Waals surface area contributed by atoms with Crippen LogP contribution in [0.2, 0.25) is 0 Å². The lowest BCUT2D eigenvalue weighted by Crippen LogP contribution is -2.50. The number of anilines is 3. The Morgan fingerprint density at radius 3 is 2.53 bits per heavy atom. The number of amides is 1. The van der Waals surface area contributed by atoms with Gasteiger partial charge >= 0.3 is 6.09 Å². The molecule has 2 aromatic carbocycles. The van der Waals surface area contributed by atoms with Crippen molar-refractivity contribution < 1.29 is 13.9 Å². The van der Waals surface area contributed by atoms with Crippen molar-refractivity contribution in [1.29, 1.82) is 5.26 Å². The number of nitriles is 1. The Balaban J connectivity index is 1.36. The van der Waals surface area contributed by atoms with E-state index in [0.29, 0.717) is 46.3 Å². The minimum absolute atomic E-state index is 0.0652. The van der Waals surface area contributed by atoms with E-state index in [1.165, 1.54) is 23.5 Å². The SMILES string of the molecule is CCn1cc(N(C)c2nc(-c3ccc(F)cc3)c(C#N)s2)c2cc(N3CC4CC3CN4C(=O)OC(C)(C)C)ccc2c1=O. The van der Waals surface area contributed by atoms with Crippen molar-refractivity contribution >= 4 is 44.7 Å². The Labute approximate surface area is 253 Å². The second kappa shape index (κ2) is 10.7. The number of likely N-dealkylation sites (tertiary alicyclic amines) is 1. The molecule has 0 aliphatic carbocycles. The first kappa shape index (κ1) is 28.7. The van der Waals surface area contributed by atoms with Crippen molar-refractivity contribution in [2.24, 2.45) is 0 Å². The third-order valence-electron chi connectivity index (χ3n) is 8.07. The highest BCUT2D eigenvalue weighted by atomic mass is 32.1. The van der Waals surface area contributed by atoms with E-state index in [1.54, 1.807) is 16.7 Å². The Bertz CT molecular complexity index is 1820. The highest BCUT2D eigenvalue weighted by Gasteiger charge is 2.46. The lowest BCUT2D eigenvalue weighted by Gasteiger charge is -2.36. The molecule has 2 aromatic heterocycles. The number of carbonyl (C=O) groups excluding carboxylic acids is 1. The van der Waals surface area contributed by atoms with Gasteiger partial charge in [-0.2, -0.15) is 5.26 Å². The van der Waals surface area contributed by atoms with Crippen LogP contribution in [0.1, 0.15) is 39.0 Å². The smallest absolute Gasteiger partial charge is 0.410 e. The summed E-state index contributed by atoms with van der Waals surface area (Å²) in [7, 11) is 1.87. The number of hydrogen-bond acceptors (Lipinski definition) is 8. The predicted molar refractivity (Wildman–Crippen MR) is 167 cm³/mol. The van der Waals surface area contributed by atoms with Crippen LogP contribution in [0.25, 0.3) is 22.0 Å². The molecule has 0 saturated carbocycles. The zero-order chi connectivity index (χ0) is 30.6. The summed E-state index contributed by atoms with van der Waals surface area (Å²) in [5, 5.41) is 11.8. The van der Waals surface area contributed by atoms with Crippen molar-refractivity contribution in [2.45, 2.75) is 58.3 Å². The number of fused-ring (bicyclic) bond motifs is 3. The number of aryl methyl sites for hydroxylation is 1. The van der Waals surface area contributed by atoms with Crippen LogP contribution in [-0.4, -0.2) is 58.4 Å². The molecule has 9 nitrogen and oxygen atoms in total. The van der Waals surface area contributed by atoms with Gasteiger partial charge < -0.3 is 24.0 Å². The molecule has 2 fully saturated rings. The summed E-state index contributed by atoms with van der Waals surface area (Å²) in [4.78, 5) is 37.4. The number of rotatable bonds is 5. The summed E-state index contributed by atoms with van der Waals surface area (Å²) in [6, 6.07) is 14.3. The standard InChI is InChI=1S/C32H33FN6O3S/c1-6-37-18-26(36(5)30-35-28(27(15-34)43-30)19-7-9-20(33)10-8-19)25-14-21(11-12-24(25)29(37)40)38-16-23-13-22(38)17-39(23)31(41)42-32(2,3)4/h7-12,14,18,22-23H,6,13,16-17H2,1-5H3. The predicted octanol–water partition coefficient (Wildman–Crippen LogP) is 6.12. The minimum atomic E-state index is -0.546. The molecular weight excluding hydrogens is 567 g/mol. The first-order valence-electron chi connectivity index (χ1n) is 14.3. The van der Waals surface area contributed by atoms with E-state index < -0.39 is 5.60 Å². The van der Waals surface area contributed by atoms with Crippen LogP contribution in [0.3, 0.4) is 0 Å². The van der Waals surface area contributed by atoms with E-state index in [1.807, 2.05) is 68.9 Å². The first-order valence-corrected chi connectivity index (χ1v) is 15.1. The van der Waals surface area contributed by atoms with E-state index in [2.05, 4.69) is 11.0 Å². The number of nitrogens with zero attached hydrogens (tertiary/aromatic N) is 6. The maximum absolute atomic E-state index is 13.6. The summed E-state index contributed by atoms with van der Waals surface area (Å²) < 4.78 is 20.9. The fourth-order valence-corrected chi connectivity index (χ4v) is 6.86. The minimum Gasteiger partial charge on any atom is -0.444 e. The summed E-state index contributed by atoms with van der Waals surface area (Å²) in [6.45, 7) is 9.31. The normalized spacial score (nSPS) is 17.9. The molecule has 1 amide bonds. The van der Waals surface area contributed by atoms with Gasteiger partial charge in [0.2, 0.25) is 0 Å². The number of carbonyl (C=O) groups is 1. The van der Waals surface area contributed by atoms with E-state index in [4.69, 9.17) is 9.72 Å². The van der Waals surface area contributed by atoms with Crippen LogP contribution < -0.4 is 15.4 Å². The molecule has 2 aliphatic rings. The average molecular weight is 601 g/mol. The molecule has 2 bridgehead atoms. The summed E-state index contributed by atoms with van der Waals surface area (Å²) in [5.74, 6) is -0.359. The molecule has 0 spiro atoms. The number of aromatic nitrogens is 2. The first-order chi connectivity index (χ1) is 20.5. The van der Waals surface area contributed by atoms with Gasteiger partial charge in [0.15, 0.2) is 5.13 Å². The number of piperazine rings is 1. The molecule has 4 aromatic rings. The van der Waals surface area contributed by atoms with E-state index in [9.17, 15) is 19.2 Å². The summed E-state index contributed by atoms with van der Waals surface area (Å²) in [6.07, 6.45) is 2.42. The lowest BCUT2D eigenvalue weighted by atomic mass is 10.1. The molecule has 4 heterocycles. The Morgan fingerprint density at radius 1 is 1.16 bits per heavy atom. The lowest BCUT2D eigenvalue weighted by molar-refractivity contribution is 0.0214. The fraction of sp³-hybridized carbons (Fsp3) is 0.375.